The Morgan fingerprint density at radius 1 is 1.11 bits per heavy atom. The Bertz CT molecular complexity index is 1660. The van der Waals surface area contributed by atoms with E-state index in [0.717, 1.165) is 18.2 Å². The Labute approximate surface area is 215 Å². The summed E-state index contributed by atoms with van der Waals surface area (Å²) in [6.45, 7) is 1.19. The average Bonchev–Trinajstić information content (AvgIpc) is 3.27. The number of aromatic amines is 1. The van der Waals surface area contributed by atoms with E-state index >= 15 is 0 Å². The molecule has 12 heteroatoms. The predicted octanol–water partition coefficient (Wildman–Crippen LogP) is 4.09. The fraction of sp³-hybridized carbons (Fsp3) is 0.0800. The second-order valence-corrected chi connectivity index (χ2v) is 9.99. The quantitative estimate of drug-likeness (QED) is 0.0899. The molecular formula is C25H20ClFN4O5S. The third-order valence-electron chi connectivity index (χ3n) is 5.31. The molecule has 1 heterocycles. The first-order valence-electron chi connectivity index (χ1n) is 10.7. The van der Waals surface area contributed by atoms with Crippen LogP contribution in [-0.4, -0.2) is 46.3 Å². The van der Waals surface area contributed by atoms with Gasteiger partial charge in [-0.05, 0) is 49.4 Å². The number of benzene rings is 3. The van der Waals surface area contributed by atoms with E-state index in [2.05, 4.69) is 14.4 Å². The number of allylic oxidation sites excluding steroid dienone is 1. The molecule has 190 valence electrons. The van der Waals surface area contributed by atoms with E-state index in [-0.39, 0.29) is 22.5 Å². The number of H-pyrrole nitrogens is 1. The van der Waals surface area contributed by atoms with E-state index in [0.29, 0.717) is 16.1 Å². The number of nitrogens with one attached hydrogen (secondary N) is 1. The molecule has 0 bridgehead atoms. The van der Waals surface area contributed by atoms with Crippen LogP contribution in [0.2, 0.25) is 5.02 Å². The first kappa shape index (κ1) is 26.0. The number of para-hydroxylation sites is 2. The van der Waals surface area contributed by atoms with Crippen molar-refractivity contribution >= 4 is 55.6 Å². The number of ketones is 1. The van der Waals surface area contributed by atoms with Crippen LogP contribution in [0, 0.1) is 5.82 Å². The predicted molar refractivity (Wildman–Crippen MR) is 138 cm³/mol. The lowest BCUT2D eigenvalue weighted by Crippen LogP contribution is -2.27. The summed E-state index contributed by atoms with van der Waals surface area (Å²) in [6, 6.07) is 15.6. The van der Waals surface area contributed by atoms with E-state index in [1.807, 2.05) is 0 Å². The van der Waals surface area contributed by atoms with Crippen LogP contribution in [0.4, 0.5) is 4.39 Å². The Morgan fingerprint density at radius 2 is 1.84 bits per heavy atom. The maximum atomic E-state index is 14.6. The van der Waals surface area contributed by atoms with E-state index in [1.165, 1.54) is 19.1 Å². The molecule has 0 spiro atoms. The number of carbonyl (C=O) groups is 1. The van der Waals surface area contributed by atoms with Gasteiger partial charge in [-0.1, -0.05) is 35.9 Å². The van der Waals surface area contributed by atoms with Crippen LogP contribution in [0.3, 0.4) is 0 Å². The fourth-order valence-electron chi connectivity index (χ4n) is 3.43. The van der Waals surface area contributed by atoms with E-state index in [4.69, 9.17) is 17.3 Å². The molecule has 0 radical (unpaired) electrons. The number of rotatable bonds is 7. The number of imidazole rings is 1. The van der Waals surface area contributed by atoms with Crippen molar-refractivity contribution in [1.29, 1.82) is 0 Å². The minimum absolute atomic E-state index is 0.00576. The summed E-state index contributed by atoms with van der Waals surface area (Å²) in [7, 11) is -4.72. The van der Waals surface area contributed by atoms with Crippen LogP contribution in [0.1, 0.15) is 28.7 Å². The first-order chi connectivity index (χ1) is 17.5. The maximum absolute atomic E-state index is 14.6. The van der Waals surface area contributed by atoms with E-state index in [1.54, 1.807) is 36.4 Å². The molecule has 1 aromatic heterocycles. The zero-order valence-corrected chi connectivity index (χ0v) is 20.8. The third-order valence-corrected chi connectivity index (χ3v) is 6.87. The highest BCUT2D eigenvalue weighted by atomic mass is 35.5. The molecule has 4 rings (SSSR count). The number of nitrogens with zero attached hydrogens (tertiary/aromatic N) is 2. The second kappa shape index (κ2) is 10.1. The third kappa shape index (κ3) is 5.38. The molecule has 9 nitrogen and oxygen atoms in total. The molecule has 37 heavy (non-hydrogen) atoms. The van der Waals surface area contributed by atoms with Crippen molar-refractivity contribution < 1.29 is 27.8 Å². The molecule has 0 aliphatic heterocycles. The van der Waals surface area contributed by atoms with Gasteiger partial charge in [0.25, 0.3) is 10.0 Å². The number of halogens is 2. The van der Waals surface area contributed by atoms with Crippen molar-refractivity contribution in [2.24, 2.45) is 10.1 Å². The highest BCUT2D eigenvalue weighted by Crippen LogP contribution is 2.30. The summed E-state index contributed by atoms with van der Waals surface area (Å²) in [4.78, 5) is 20.1. The molecule has 5 N–H and O–H groups in total. The summed E-state index contributed by atoms with van der Waals surface area (Å²) in [5.74, 6) is -3.20. The molecule has 0 saturated heterocycles. The largest absolute Gasteiger partial charge is 0.506 e. The lowest BCUT2D eigenvalue weighted by molar-refractivity contribution is 0.105. The minimum Gasteiger partial charge on any atom is -0.506 e. The van der Waals surface area contributed by atoms with Crippen LogP contribution >= 0.6 is 11.6 Å². The smallest absolute Gasteiger partial charge is 0.286 e. The molecule has 0 fully saturated rings. The van der Waals surface area contributed by atoms with Crippen molar-refractivity contribution in [3.05, 3.63) is 94.5 Å². The number of Topliss-reactive ketones (excluding diaryl/α,β-unsaturated/α-hetero) is 1. The summed E-state index contributed by atoms with van der Waals surface area (Å²) >= 11 is 6.06. The van der Waals surface area contributed by atoms with Gasteiger partial charge in [-0.15, -0.1) is 4.40 Å². The van der Waals surface area contributed by atoms with Gasteiger partial charge in [-0.25, -0.2) is 9.37 Å². The molecule has 0 aliphatic carbocycles. The van der Waals surface area contributed by atoms with Gasteiger partial charge in [0.05, 0.1) is 11.0 Å². The topological polar surface area (TPSA) is 159 Å². The molecule has 0 saturated carbocycles. The molecular weight excluding hydrogens is 523 g/mol. The number of sulfonamides is 1. The Morgan fingerprint density at radius 3 is 2.51 bits per heavy atom. The average molecular weight is 543 g/mol. The monoisotopic (exact) mass is 542 g/mol. The van der Waals surface area contributed by atoms with Crippen LogP contribution < -0.4 is 5.73 Å². The fourth-order valence-corrected chi connectivity index (χ4v) is 4.74. The summed E-state index contributed by atoms with van der Waals surface area (Å²) in [6.07, 6.45) is -1.40. The van der Waals surface area contributed by atoms with Crippen molar-refractivity contribution in [3.8, 4) is 0 Å². The second-order valence-electron chi connectivity index (χ2n) is 7.98. The number of fused-ring (bicyclic) bond motifs is 1. The molecule has 1 atom stereocenters. The summed E-state index contributed by atoms with van der Waals surface area (Å²) in [5, 5.41) is 20.9. The van der Waals surface area contributed by atoms with E-state index in [9.17, 15) is 27.8 Å². The van der Waals surface area contributed by atoms with Crippen molar-refractivity contribution in [3.63, 3.8) is 0 Å². The van der Waals surface area contributed by atoms with Gasteiger partial charge >= 0.3 is 0 Å². The maximum Gasteiger partial charge on any atom is 0.286 e. The van der Waals surface area contributed by atoms with Gasteiger partial charge in [0, 0.05) is 16.1 Å². The van der Waals surface area contributed by atoms with Gasteiger partial charge in [0.1, 0.15) is 39.8 Å². The molecule has 0 unspecified atom stereocenters. The number of aliphatic hydroxyl groups excluding tert-OH is 2. The molecule has 0 amide bonds. The van der Waals surface area contributed by atoms with E-state index < -0.39 is 44.2 Å². The Hall–Kier alpha value is -4.06. The number of aromatic nitrogens is 2. The summed E-state index contributed by atoms with van der Waals surface area (Å²) < 4.78 is 43.1. The van der Waals surface area contributed by atoms with Crippen LogP contribution in [-0.2, 0) is 10.0 Å². The van der Waals surface area contributed by atoms with Gasteiger partial charge in [0.15, 0.2) is 0 Å². The van der Waals surface area contributed by atoms with Crippen LogP contribution in [0.15, 0.2) is 76.0 Å². The van der Waals surface area contributed by atoms with Crippen molar-refractivity contribution in [2.75, 3.05) is 0 Å². The van der Waals surface area contributed by atoms with Gasteiger partial charge in [-0.3, -0.25) is 4.79 Å². The van der Waals surface area contributed by atoms with Crippen molar-refractivity contribution in [2.45, 2.75) is 17.9 Å². The van der Waals surface area contributed by atoms with Crippen molar-refractivity contribution in [1.82, 2.24) is 9.97 Å². The number of carbonyl (C=O) groups excluding carboxylic acids is 1. The minimum atomic E-state index is -4.72. The van der Waals surface area contributed by atoms with Gasteiger partial charge < -0.3 is 20.9 Å². The Kier molecular flexibility index (Phi) is 7.12. The number of aliphatic hydroxyl groups is 2. The first-order valence-corrected chi connectivity index (χ1v) is 12.6. The molecule has 4 aromatic rings. The SMILES string of the molecule is C[C@@H](O)/C(N)=N/S(=O)(=O)c1cc(C(=O)/C(=C(\O)c2cccc(Cl)c2)c2nc3ccccc3[nH]2)ccc1F. The number of hydrogen-bond acceptors (Lipinski definition) is 6. The zero-order chi connectivity index (χ0) is 26.9. The molecule has 3 aromatic carbocycles. The van der Waals surface area contributed by atoms with Gasteiger partial charge in [0.2, 0.25) is 5.78 Å². The number of hydrogen-bond donors (Lipinski definition) is 4. The zero-order valence-electron chi connectivity index (χ0n) is 19.2. The van der Waals surface area contributed by atoms with Crippen LogP contribution in [0.25, 0.3) is 22.4 Å². The number of nitrogens with two attached hydrogens (primary N) is 1. The highest BCUT2D eigenvalue weighted by molar-refractivity contribution is 7.90. The standard InChI is InChI=1S/C25H20ClFN4O5S/c1-13(32)24(28)31-37(35,36)20-12-15(9-10-17(20)27)23(34)21(22(33)14-5-4-6-16(26)11-14)25-29-18-7-2-3-8-19(18)30-25/h2-13,32-33H,1H3,(H2,28,31)(H,29,30)/b22-21+/t13-/m1/s1. The number of amidine groups is 1. The lowest BCUT2D eigenvalue weighted by Gasteiger charge is -2.11. The Balaban J connectivity index is 1.91. The highest BCUT2D eigenvalue weighted by Gasteiger charge is 2.27. The summed E-state index contributed by atoms with van der Waals surface area (Å²) in [5.41, 5.74) is 6.12. The van der Waals surface area contributed by atoms with Crippen LogP contribution in [0.5, 0.6) is 0 Å². The molecule has 0 aliphatic rings. The lowest BCUT2D eigenvalue weighted by atomic mass is 9.98. The van der Waals surface area contributed by atoms with Gasteiger partial charge in [-0.2, -0.15) is 8.42 Å². The normalized spacial score (nSPS) is 13.9.